The number of hydrogen-bond donors (Lipinski definition) is 1. The van der Waals surface area contributed by atoms with Crippen LogP contribution in [0.4, 0.5) is 4.39 Å². The molecule has 3 rings (SSSR count). The van der Waals surface area contributed by atoms with E-state index in [1.54, 1.807) is 24.3 Å². The van der Waals surface area contributed by atoms with Crippen LogP contribution in [0.3, 0.4) is 0 Å². The van der Waals surface area contributed by atoms with Crippen molar-refractivity contribution in [1.29, 1.82) is 0 Å². The Morgan fingerprint density at radius 2 is 2.00 bits per heavy atom. The molecule has 7 heteroatoms. The third-order valence-corrected chi connectivity index (χ3v) is 3.39. The summed E-state index contributed by atoms with van der Waals surface area (Å²) in [7, 11) is 0. The zero-order valence-corrected chi connectivity index (χ0v) is 12.5. The van der Waals surface area contributed by atoms with E-state index in [0.717, 1.165) is 6.07 Å². The minimum absolute atomic E-state index is 0.0345. The second-order valence-electron chi connectivity index (χ2n) is 4.67. The van der Waals surface area contributed by atoms with E-state index in [1.807, 2.05) is 0 Å². The molecule has 116 valence electrons. The number of carbonyl (C=O) groups is 1. The van der Waals surface area contributed by atoms with Gasteiger partial charge in [0.2, 0.25) is 11.8 Å². The quantitative estimate of drug-likeness (QED) is 0.795. The molecule has 1 amide bonds. The van der Waals surface area contributed by atoms with Crippen LogP contribution in [0.1, 0.15) is 16.2 Å². The number of nitrogens with zero attached hydrogens (tertiary/aromatic N) is 2. The van der Waals surface area contributed by atoms with Crippen molar-refractivity contribution >= 4 is 17.5 Å². The van der Waals surface area contributed by atoms with Crippen molar-refractivity contribution < 1.29 is 13.6 Å². The Labute approximate surface area is 136 Å². The summed E-state index contributed by atoms with van der Waals surface area (Å²) in [5.41, 5.74) is 0.834. The van der Waals surface area contributed by atoms with Crippen LogP contribution >= 0.6 is 11.6 Å². The van der Waals surface area contributed by atoms with Gasteiger partial charge in [-0.15, -0.1) is 10.2 Å². The van der Waals surface area contributed by atoms with E-state index in [-0.39, 0.29) is 23.9 Å². The number of hydrogen-bond acceptors (Lipinski definition) is 4. The van der Waals surface area contributed by atoms with E-state index in [0.29, 0.717) is 10.6 Å². The van der Waals surface area contributed by atoms with Gasteiger partial charge in [-0.1, -0.05) is 29.8 Å². The molecule has 0 spiro atoms. The van der Waals surface area contributed by atoms with Crippen LogP contribution in [0.25, 0.3) is 11.5 Å². The molecule has 0 atom stereocenters. The fourth-order valence-electron chi connectivity index (χ4n) is 1.96. The zero-order valence-electron chi connectivity index (χ0n) is 11.8. The third kappa shape index (κ3) is 3.54. The highest BCUT2D eigenvalue weighted by Crippen LogP contribution is 2.26. The van der Waals surface area contributed by atoms with E-state index in [9.17, 15) is 9.18 Å². The number of halogens is 2. The Bertz CT molecular complexity index is 851. The topological polar surface area (TPSA) is 68.0 Å². The molecule has 0 saturated carbocycles. The predicted octanol–water partition coefficient (Wildman–Crippen LogP) is 3.46. The highest BCUT2D eigenvalue weighted by atomic mass is 35.5. The Balaban J connectivity index is 1.68. The summed E-state index contributed by atoms with van der Waals surface area (Å²) in [6, 6.07) is 12.5. The fourth-order valence-corrected chi connectivity index (χ4v) is 2.17. The van der Waals surface area contributed by atoms with Crippen LogP contribution in [-0.4, -0.2) is 16.1 Å². The SMILES string of the molecule is O=C(NCc1nnc(-c2ccccc2Cl)o1)c1cccc(F)c1. The van der Waals surface area contributed by atoms with Gasteiger partial charge >= 0.3 is 0 Å². The standard InChI is InChI=1S/C16H11ClFN3O2/c17-13-7-2-1-6-12(13)16-21-20-14(23-16)9-19-15(22)10-4-3-5-11(18)8-10/h1-8H,9H2,(H,19,22). The first-order valence-corrected chi connectivity index (χ1v) is 7.12. The zero-order chi connectivity index (χ0) is 16.2. The van der Waals surface area contributed by atoms with E-state index in [2.05, 4.69) is 15.5 Å². The van der Waals surface area contributed by atoms with Gasteiger partial charge in [0.25, 0.3) is 5.91 Å². The fraction of sp³-hybridized carbons (Fsp3) is 0.0625. The number of nitrogens with one attached hydrogen (secondary N) is 1. The van der Waals surface area contributed by atoms with Crippen molar-refractivity contribution in [1.82, 2.24) is 15.5 Å². The summed E-state index contributed by atoms with van der Waals surface area (Å²) >= 11 is 6.06. The van der Waals surface area contributed by atoms with Gasteiger partial charge in [-0.05, 0) is 30.3 Å². The maximum atomic E-state index is 13.1. The van der Waals surface area contributed by atoms with Crippen molar-refractivity contribution in [3.05, 3.63) is 70.8 Å². The number of carbonyl (C=O) groups excluding carboxylic acids is 1. The van der Waals surface area contributed by atoms with Crippen LogP contribution in [0.5, 0.6) is 0 Å². The minimum Gasteiger partial charge on any atom is -0.419 e. The number of benzene rings is 2. The molecular weight excluding hydrogens is 321 g/mol. The molecule has 0 aliphatic carbocycles. The Morgan fingerprint density at radius 1 is 1.17 bits per heavy atom. The summed E-state index contributed by atoms with van der Waals surface area (Å²) in [5.74, 6) is -0.409. The van der Waals surface area contributed by atoms with E-state index >= 15 is 0 Å². The minimum atomic E-state index is -0.476. The van der Waals surface area contributed by atoms with Gasteiger partial charge in [0, 0.05) is 5.56 Å². The van der Waals surface area contributed by atoms with Crippen LogP contribution in [-0.2, 0) is 6.54 Å². The smallest absolute Gasteiger partial charge is 0.251 e. The maximum Gasteiger partial charge on any atom is 0.251 e. The molecule has 1 heterocycles. The van der Waals surface area contributed by atoms with Gasteiger partial charge in [0.15, 0.2) is 0 Å². The van der Waals surface area contributed by atoms with Crippen molar-refractivity contribution in [2.45, 2.75) is 6.54 Å². The van der Waals surface area contributed by atoms with Crippen LogP contribution in [0.15, 0.2) is 52.9 Å². The lowest BCUT2D eigenvalue weighted by molar-refractivity contribution is 0.0947. The predicted molar refractivity (Wildman–Crippen MR) is 82.3 cm³/mol. The molecule has 0 aliphatic heterocycles. The monoisotopic (exact) mass is 331 g/mol. The van der Waals surface area contributed by atoms with Crippen molar-refractivity contribution in [3.63, 3.8) is 0 Å². The molecular formula is C16H11ClFN3O2. The lowest BCUT2D eigenvalue weighted by Gasteiger charge is -2.02. The molecule has 0 fully saturated rings. The summed E-state index contributed by atoms with van der Waals surface area (Å²) in [6.07, 6.45) is 0. The van der Waals surface area contributed by atoms with E-state index in [4.69, 9.17) is 16.0 Å². The van der Waals surface area contributed by atoms with Gasteiger partial charge < -0.3 is 9.73 Å². The number of rotatable bonds is 4. The van der Waals surface area contributed by atoms with Crippen molar-refractivity contribution in [3.8, 4) is 11.5 Å². The molecule has 1 aromatic heterocycles. The first kappa shape index (κ1) is 15.2. The Morgan fingerprint density at radius 3 is 2.78 bits per heavy atom. The molecule has 0 unspecified atom stereocenters. The van der Waals surface area contributed by atoms with Gasteiger partial charge in [0.05, 0.1) is 17.1 Å². The molecule has 0 aliphatic rings. The second kappa shape index (κ2) is 6.58. The first-order chi connectivity index (χ1) is 11.1. The lowest BCUT2D eigenvalue weighted by Crippen LogP contribution is -2.23. The van der Waals surface area contributed by atoms with E-state index in [1.165, 1.54) is 18.2 Å². The average molecular weight is 332 g/mol. The largest absolute Gasteiger partial charge is 0.419 e. The van der Waals surface area contributed by atoms with Crippen molar-refractivity contribution in [2.75, 3.05) is 0 Å². The molecule has 3 aromatic rings. The normalized spacial score (nSPS) is 10.5. The Hall–Kier alpha value is -2.73. The van der Waals surface area contributed by atoms with Crippen LogP contribution in [0, 0.1) is 5.82 Å². The third-order valence-electron chi connectivity index (χ3n) is 3.06. The lowest BCUT2D eigenvalue weighted by atomic mass is 10.2. The van der Waals surface area contributed by atoms with E-state index < -0.39 is 11.7 Å². The highest BCUT2D eigenvalue weighted by molar-refractivity contribution is 6.33. The second-order valence-corrected chi connectivity index (χ2v) is 5.08. The van der Waals surface area contributed by atoms with Crippen molar-refractivity contribution in [2.24, 2.45) is 0 Å². The first-order valence-electron chi connectivity index (χ1n) is 6.74. The molecule has 0 bridgehead atoms. The average Bonchev–Trinajstić information content (AvgIpc) is 3.02. The van der Waals surface area contributed by atoms with Gasteiger partial charge in [-0.2, -0.15) is 0 Å². The molecule has 1 N–H and O–H groups in total. The maximum absolute atomic E-state index is 13.1. The molecule has 5 nitrogen and oxygen atoms in total. The summed E-state index contributed by atoms with van der Waals surface area (Å²) in [5, 5.41) is 10.8. The summed E-state index contributed by atoms with van der Waals surface area (Å²) in [4.78, 5) is 11.9. The van der Waals surface area contributed by atoms with Gasteiger partial charge in [-0.25, -0.2) is 4.39 Å². The molecule has 2 aromatic carbocycles. The number of amides is 1. The Kier molecular flexibility index (Phi) is 4.34. The molecule has 0 radical (unpaired) electrons. The summed E-state index contributed by atoms with van der Waals surface area (Å²) < 4.78 is 18.6. The molecule has 23 heavy (non-hydrogen) atoms. The van der Waals surface area contributed by atoms with Gasteiger partial charge in [-0.3, -0.25) is 4.79 Å². The van der Waals surface area contributed by atoms with Crippen LogP contribution < -0.4 is 5.32 Å². The number of aromatic nitrogens is 2. The summed E-state index contributed by atoms with van der Waals surface area (Å²) in [6.45, 7) is 0.0345. The van der Waals surface area contributed by atoms with Crippen LogP contribution in [0.2, 0.25) is 5.02 Å². The highest BCUT2D eigenvalue weighted by Gasteiger charge is 2.13. The van der Waals surface area contributed by atoms with Gasteiger partial charge in [0.1, 0.15) is 5.82 Å². The molecule has 0 saturated heterocycles.